The van der Waals surface area contributed by atoms with Gasteiger partial charge < -0.3 is 9.47 Å². The fourth-order valence-corrected chi connectivity index (χ4v) is 3.83. The van der Waals surface area contributed by atoms with E-state index in [0.717, 1.165) is 24.3 Å². The number of alkyl halides is 3. The summed E-state index contributed by atoms with van der Waals surface area (Å²) in [7, 11) is -2.77. The van der Waals surface area contributed by atoms with Gasteiger partial charge in [-0.05, 0) is 36.1 Å². The zero-order valence-corrected chi connectivity index (χ0v) is 19.1. The number of carbonyl (C=O) groups is 1. The van der Waals surface area contributed by atoms with Crippen LogP contribution in [0.5, 0.6) is 11.5 Å². The molecule has 0 bridgehead atoms. The molecule has 0 aliphatic rings. The molecule has 0 saturated heterocycles. The van der Waals surface area contributed by atoms with E-state index in [4.69, 9.17) is 25.6 Å². The predicted octanol–water partition coefficient (Wildman–Crippen LogP) is 5.96. The number of hydrogen-bond acceptors (Lipinski definition) is 7. The topological polar surface area (TPSA) is 105 Å². The molecule has 0 heterocycles. The molecule has 178 valence electrons. The van der Waals surface area contributed by atoms with Crippen LogP contribution in [-0.4, -0.2) is 24.1 Å². The summed E-state index contributed by atoms with van der Waals surface area (Å²) in [6, 6.07) is 4.74. The van der Waals surface area contributed by atoms with Crippen molar-refractivity contribution >= 4 is 36.6 Å². The number of nitro groups is 1. The summed E-state index contributed by atoms with van der Waals surface area (Å²) in [5.41, 5.74) is -1.13. The first kappa shape index (κ1) is 26.5. The van der Waals surface area contributed by atoms with Crippen LogP contribution in [0.1, 0.15) is 31.4 Å². The lowest BCUT2D eigenvalue weighted by Crippen LogP contribution is -2.11. The Kier molecular flexibility index (Phi) is 9.16. The Morgan fingerprint density at radius 3 is 2.42 bits per heavy atom. The van der Waals surface area contributed by atoms with E-state index in [1.807, 2.05) is 0 Å². The van der Waals surface area contributed by atoms with Crippen LogP contribution in [0.2, 0.25) is 5.02 Å². The highest BCUT2D eigenvalue weighted by Crippen LogP contribution is 2.39. The molecule has 1 unspecified atom stereocenters. The van der Waals surface area contributed by atoms with E-state index >= 15 is 0 Å². The number of rotatable bonds is 10. The van der Waals surface area contributed by atoms with Crippen LogP contribution in [0.3, 0.4) is 0 Å². The van der Waals surface area contributed by atoms with Gasteiger partial charge in [0.2, 0.25) is 0 Å². The smallest absolute Gasteiger partial charge is 0.466 e. The van der Waals surface area contributed by atoms with Crippen LogP contribution in [0.15, 0.2) is 30.3 Å². The zero-order valence-electron chi connectivity index (χ0n) is 17.5. The van der Waals surface area contributed by atoms with Crippen molar-refractivity contribution in [1.29, 1.82) is 0 Å². The Hall–Kier alpha value is -2.75. The Labute approximate surface area is 192 Å². The first-order valence-electron chi connectivity index (χ1n) is 9.59. The second-order valence-electron chi connectivity index (χ2n) is 6.45. The van der Waals surface area contributed by atoms with E-state index in [0.29, 0.717) is 11.6 Å². The monoisotopic (exact) mass is 508 g/mol. The van der Waals surface area contributed by atoms with E-state index in [1.54, 1.807) is 13.8 Å². The van der Waals surface area contributed by atoms with Gasteiger partial charge >= 0.3 is 31.2 Å². The molecule has 0 aliphatic carbocycles. The Morgan fingerprint density at radius 1 is 1.18 bits per heavy atom. The van der Waals surface area contributed by atoms with Crippen LogP contribution < -0.4 is 10.0 Å². The summed E-state index contributed by atoms with van der Waals surface area (Å²) >= 11 is 5.93. The van der Waals surface area contributed by atoms with Crippen molar-refractivity contribution in [3.8, 4) is 11.5 Å². The van der Waals surface area contributed by atoms with Crippen molar-refractivity contribution in [2.24, 2.45) is 0 Å². The Balaban J connectivity index is 2.36. The van der Waals surface area contributed by atoms with Crippen molar-refractivity contribution in [2.45, 2.75) is 32.9 Å². The third-order valence-corrected chi connectivity index (χ3v) is 5.70. The number of esters is 1. The van der Waals surface area contributed by atoms with Gasteiger partial charge in [-0.25, -0.2) is 0 Å². The summed E-state index contributed by atoms with van der Waals surface area (Å²) in [5.74, 6) is -0.701. The molecule has 0 aromatic heterocycles. The molecule has 13 heteroatoms. The minimum absolute atomic E-state index is 0.0112. The van der Waals surface area contributed by atoms with Gasteiger partial charge in [0, 0.05) is 17.7 Å². The summed E-state index contributed by atoms with van der Waals surface area (Å²) in [5, 5.41) is 10.9. The quantitative estimate of drug-likeness (QED) is 0.169. The molecule has 8 nitrogen and oxygen atoms in total. The fraction of sp³-hybridized carbons (Fsp3) is 0.350. The standard InChI is InChI=1S/C20H19ClF3NO7P/c1-3-12-9-15(25(27)28)18(33(29)31-8-7-19(26)30-4-2)11-17(12)32-16-6-5-13(10-14(16)21)20(22,23)24/h5-6,9-11H,3-4,7-8H2,1-2H3/q+1. The van der Waals surface area contributed by atoms with E-state index in [9.17, 15) is 32.6 Å². The lowest BCUT2D eigenvalue weighted by molar-refractivity contribution is -0.383. The van der Waals surface area contributed by atoms with E-state index < -0.39 is 36.3 Å². The molecule has 0 radical (unpaired) electrons. The minimum atomic E-state index is -4.60. The number of ether oxygens (including phenoxy) is 2. The predicted molar refractivity (Wildman–Crippen MR) is 113 cm³/mol. The van der Waals surface area contributed by atoms with Crippen molar-refractivity contribution in [2.75, 3.05) is 13.2 Å². The maximum atomic E-state index is 12.9. The molecule has 1 atom stereocenters. The molecule has 0 aliphatic heterocycles. The summed E-state index contributed by atoms with van der Waals surface area (Å²) in [6.45, 7) is 3.14. The third kappa shape index (κ3) is 7.12. The van der Waals surface area contributed by atoms with Gasteiger partial charge in [0.15, 0.2) is 0 Å². The lowest BCUT2D eigenvalue weighted by atomic mass is 10.1. The van der Waals surface area contributed by atoms with Gasteiger partial charge in [0.05, 0.1) is 28.5 Å². The number of halogens is 4. The lowest BCUT2D eigenvalue weighted by Gasteiger charge is -2.13. The number of nitro benzene ring substituents is 1. The van der Waals surface area contributed by atoms with Crippen LogP contribution >= 0.6 is 19.6 Å². The van der Waals surface area contributed by atoms with Crippen LogP contribution in [0, 0.1) is 10.1 Å². The third-order valence-electron chi connectivity index (χ3n) is 4.23. The molecule has 2 aromatic rings. The first-order valence-corrected chi connectivity index (χ1v) is 11.1. The highest BCUT2D eigenvalue weighted by atomic mass is 35.5. The normalized spacial score (nSPS) is 11.8. The van der Waals surface area contributed by atoms with Crippen molar-refractivity contribution in [1.82, 2.24) is 0 Å². The van der Waals surface area contributed by atoms with Gasteiger partial charge in [-0.2, -0.15) is 13.2 Å². The van der Waals surface area contributed by atoms with E-state index in [2.05, 4.69) is 0 Å². The highest BCUT2D eigenvalue weighted by Gasteiger charge is 2.36. The van der Waals surface area contributed by atoms with Crippen LogP contribution in [-0.2, 0) is 31.2 Å². The zero-order chi connectivity index (χ0) is 24.8. The summed E-state index contributed by atoms with van der Waals surface area (Å²) in [4.78, 5) is 22.1. The van der Waals surface area contributed by atoms with Crippen molar-refractivity contribution < 1.29 is 41.5 Å². The molecule has 0 amide bonds. The average Bonchev–Trinajstić information content (AvgIpc) is 2.74. The molecular weight excluding hydrogens is 490 g/mol. The van der Waals surface area contributed by atoms with Gasteiger partial charge in [0.1, 0.15) is 18.1 Å². The van der Waals surface area contributed by atoms with Crippen LogP contribution in [0.25, 0.3) is 0 Å². The SMILES string of the molecule is CCOC(=O)CCO[P+](=O)c1cc(Oc2ccc(C(F)(F)F)cc2Cl)c(CC)cc1[N+](=O)[O-]. The molecule has 0 fully saturated rings. The second kappa shape index (κ2) is 11.4. The molecule has 2 aromatic carbocycles. The molecule has 0 spiro atoms. The number of hydrogen-bond donors (Lipinski definition) is 0. The Bertz CT molecular complexity index is 1060. The molecule has 0 saturated carbocycles. The van der Waals surface area contributed by atoms with Crippen LogP contribution in [0.4, 0.5) is 18.9 Å². The van der Waals surface area contributed by atoms with Crippen molar-refractivity contribution in [3.63, 3.8) is 0 Å². The van der Waals surface area contributed by atoms with Gasteiger partial charge in [0.25, 0.3) is 0 Å². The molecule has 33 heavy (non-hydrogen) atoms. The Morgan fingerprint density at radius 2 is 1.88 bits per heavy atom. The largest absolute Gasteiger partial charge is 0.556 e. The fourth-order valence-electron chi connectivity index (χ4n) is 2.66. The summed E-state index contributed by atoms with van der Waals surface area (Å²) < 4.78 is 66.6. The number of aryl methyl sites for hydroxylation is 1. The maximum Gasteiger partial charge on any atom is 0.556 e. The van der Waals surface area contributed by atoms with Gasteiger partial charge in [-0.3, -0.25) is 14.9 Å². The highest BCUT2D eigenvalue weighted by molar-refractivity contribution is 7.48. The van der Waals surface area contributed by atoms with Gasteiger partial charge in [-0.15, -0.1) is 4.52 Å². The first-order chi connectivity index (χ1) is 15.5. The minimum Gasteiger partial charge on any atom is -0.466 e. The maximum absolute atomic E-state index is 12.9. The number of nitrogens with zero attached hydrogens (tertiary/aromatic N) is 1. The second-order valence-corrected chi connectivity index (χ2v) is 8.11. The van der Waals surface area contributed by atoms with E-state index in [-0.39, 0.29) is 47.9 Å². The summed E-state index contributed by atoms with van der Waals surface area (Å²) in [6.07, 6.45) is -4.55. The molecular formula is C20H19ClF3NO7P+. The molecule has 0 N–H and O–H groups in total. The molecule has 2 rings (SSSR count). The van der Waals surface area contributed by atoms with Crippen molar-refractivity contribution in [3.05, 3.63) is 56.6 Å². The number of carbonyl (C=O) groups excluding carboxylic acids is 1. The van der Waals surface area contributed by atoms with Gasteiger partial charge in [-0.1, -0.05) is 18.5 Å². The number of benzene rings is 2. The average molecular weight is 509 g/mol. The van der Waals surface area contributed by atoms with E-state index in [1.165, 1.54) is 0 Å².